The van der Waals surface area contributed by atoms with Crippen molar-refractivity contribution in [2.45, 2.75) is 13.0 Å². The number of nitrogens with zero attached hydrogens (tertiary/aromatic N) is 2. The lowest BCUT2D eigenvalue weighted by Crippen LogP contribution is -2.36. The number of ether oxygens (including phenoxy) is 2. The van der Waals surface area contributed by atoms with Crippen molar-refractivity contribution in [2.24, 2.45) is 0 Å². The average molecular weight is 414 g/mol. The van der Waals surface area contributed by atoms with E-state index in [1.165, 1.54) is 24.3 Å². The lowest BCUT2D eigenvalue weighted by atomic mass is 9.94. The summed E-state index contributed by atoms with van der Waals surface area (Å²) in [6.45, 7) is 3.22. The Morgan fingerprint density at radius 3 is 2.63 bits per heavy atom. The minimum atomic E-state index is -0.778. The quantitative estimate of drug-likeness (QED) is 0.631. The summed E-state index contributed by atoms with van der Waals surface area (Å²) in [5.41, 5.74) is 0.612. The molecule has 2 aromatic rings. The molecule has 1 atom stereocenters. The Balaban J connectivity index is 2.08. The molecule has 1 aromatic carbocycles. The van der Waals surface area contributed by atoms with Gasteiger partial charge in [0.05, 0.1) is 31.6 Å². The van der Waals surface area contributed by atoms with E-state index >= 15 is 0 Å². The molecule has 1 N–H and O–H groups in total. The van der Waals surface area contributed by atoms with Crippen LogP contribution in [-0.4, -0.2) is 67.5 Å². The third-order valence-corrected chi connectivity index (χ3v) is 4.88. The zero-order valence-corrected chi connectivity index (χ0v) is 17.5. The average Bonchev–Trinajstić information content (AvgIpc) is 3.34. The van der Waals surface area contributed by atoms with E-state index in [2.05, 4.69) is 0 Å². The molecule has 8 nitrogen and oxygen atoms in total. The van der Waals surface area contributed by atoms with E-state index < -0.39 is 23.5 Å². The molecule has 1 aliphatic rings. The van der Waals surface area contributed by atoms with Crippen molar-refractivity contribution in [3.8, 4) is 11.5 Å². The van der Waals surface area contributed by atoms with Gasteiger partial charge in [-0.25, -0.2) is 0 Å². The van der Waals surface area contributed by atoms with Crippen molar-refractivity contribution in [1.29, 1.82) is 0 Å². The fourth-order valence-electron chi connectivity index (χ4n) is 3.44. The zero-order valence-electron chi connectivity index (χ0n) is 17.5. The summed E-state index contributed by atoms with van der Waals surface area (Å²) in [5.74, 6) is -0.596. The third-order valence-electron chi connectivity index (χ3n) is 4.88. The molecule has 3 rings (SSSR count). The molecule has 0 spiro atoms. The number of amides is 1. The van der Waals surface area contributed by atoms with Gasteiger partial charge in [0.2, 0.25) is 5.78 Å². The van der Waals surface area contributed by atoms with Crippen LogP contribution in [-0.2, 0) is 4.79 Å². The number of benzene rings is 1. The largest absolute Gasteiger partial charge is 0.503 e. The number of ketones is 1. The van der Waals surface area contributed by atoms with Crippen LogP contribution in [0.5, 0.6) is 11.5 Å². The highest BCUT2D eigenvalue weighted by atomic mass is 16.5. The lowest BCUT2D eigenvalue weighted by Gasteiger charge is -2.28. The number of hydrogen-bond acceptors (Lipinski definition) is 7. The third kappa shape index (κ3) is 4.04. The predicted molar refractivity (Wildman–Crippen MR) is 110 cm³/mol. The van der Waals surface area contributed by atoms with Crippen LogP contribution in [0.2, 0.25) is 0 Å². The Kier molecular flexibility index (Phi) is 6.47. The maximum atomic E-state index is 13.1. The van der Waals surface area contributed by atoms with Gasteiger partial charge in [0.25, 0.3) is 5.91 Å². The van der Waals surface area contributed by atoms with Crippen molar-refractivity contribution >= 4 is 11.7 Å². The number of likely N-dealkylation sites (N-methyl/N-ethyl adjacent to an activating group) is 1. The molecule has 0 bridgehead atoms. The Hall–Kier alpha value is -3.26. The molecular formula is C22H26N2O6. The fourth-order valence-corrected chi connectivity index (χ4v) is 3.44. The Morgan fingerprint density at radius 2 is 2.03 bits per heavy atom. The summed E-state index contributed by atoms with van der Waals surface area (Å²) in [7, 11) is 5.29. The van der Waals surface area contributed by atoms with Crippen molar-refractivity contribution in [1.82, 2.24) is 9.80 Å². The number of aliphatic hydroxyl groups excluding tert-OH is 1. The van der Waals surface area contributed by atoms with Gasteiger partial charge in [-0.05, 0) is 50.8 Å². The van der Waals surface area contributed by atoms with E-state index in [-0.39, 0.29) is 11.3 Å². The van der Waals surface area contributed by atoms with E-state index in [0.717, 1.165) is 0 Å². The first-order valence-corrected chi connectivity index (χ1v) is 9.66. The number of methoxy groups -OCH3 is 1. The molecule has 1 aliphatic heterocycles. The lowest BCUT2D eigenvalue weighted by molar-refractivity contribution is -0.129. The minimum Gasteiger partial charge on any atom is -0.503 e. The number of carbonyl (C=O) groups is 2. The van der Waals surface area contributed by atoms with Crippen LogP contribution in [0.4, 0.5) is 0 Å². The molecular weight excluding hydrogens is 388 g/mol. The van der Waals surface area contributed by atoms with Crippen molar-refractivity contribution in [3.63, 3.8) is 0 Å². The summed E-state index contributed by atoms with van der Waals surface area (Å²) in [6.07, 6.45) is 1.38. The topological polar surface area (TPSA) is 92.5 Å². The molecule has 160 valence electrons. The molecule has 0 unspecified atom stereocenters. The smallest absolute Gasteiger partial charge is 0.290 e. The van der Waals surface area contributed by atoms with Crippen LogP contribution in [0.3, 0.4) is 0 Å². The van der Waals surface area contributed by atoms with Gasteiger partial charge >= 0.3 is 0 Å². The van der Waals surface area contributed by atoms with Crippen LogP contribution in [0.1, 0.15) is 29.1 Å². The zero-order chi connectivity index (χ0) is 21.8. The molecule has 8 heteroatoms. The molecule has 0 radical (unpaired) electrons. The summed E-state index contributed by atoms with van der Waals surface area (Å²) < 4.78 is 16.2. The number of aliphatic hydroxyl groups is 1. The number of hydrogen-bond donors (Lipinski definition) is 1. The standard InChI is InChI=1S/C22H26N2O6/c1-5-29-15-9-8-14(13-17(15)28-4)19-18(20(25)16-7-6-12-30-16)21(26)22(27)24(19)11-10-23(2)3/h6-9,12-13,19,26H,5,10-11H2,1-4H3/t19-/m0/s1. The second kappa shape index (κ2) is 9.04. The SMILES string of the molecule is CCOc1ccc([C@H]2C(C(=O)c3ccco3)=C(O)C(=O)N2CCN(C)C)cc1OC. The predicted octanol–water partition coefficient (Wildman–Crippen LogP) is 2.83. The molecule has 0 aliphatic carbocycles. The number of carbonyl (C=O) groups excluding carboxylic acids is 2. The minimum absolute atomic E-state index is 0.0140. The summed E-state index contributed by atoms with van der Waals surface area (Å²) in [6, 6.07) is 7.53. The van der Waals surface area contributed by atoms with E-state index in [4.69, 9.17) is 13.9 Å². The second-order valence-electron chi connectivity index (χ2n) is 7.12. The molecule has 1 amide bonds. The summed E-state index contributed by atoms with van der Waals surface area (Å²) >= 11 is 0. The van der Waals surface area contributed by atoms with Gasteiger partial charge in [0, 0.05) is 13.1 Å². The maximum Gasteiger partial charge on any atom is 0.290 e. The van der Waals surface area contributed by atoms with E-state index in [1.807, 2.05) is 25.9 Å². The number of rotatable bonds is 9. The second-order valence-corrected chi connectivity index (χ2v) is 7.12. The monoisotopic (exact) mass is 414 g/mol. The van der Waals surface area contributed by atoms with Gasteiger partial charge in [0.1, 0.15) is 0 Å². The summed E-state index contributed by atoms with van der Waals surface area (Å²) in [5, 5.41) is 10.6. The number of furan rings is 1. The van der Waals surface area contributed by atoms with Crippen LogP contribution < -0.4 is 9.47 Å². The first-order chi connectivity index (χ1) is 14.4. The van der Waals surface area contributed by atoms with Crippen molar-refractivity contribution in [2.75, 3.05) is 40.9 Å². The highest BCUT2D eigenvalue weighted by Crippen LogP contribution is 2.41. The molecule has 0 saturated heterocycles. The summed E-state index contributed by atoms with van der Waals surface area (Å²) in [4.78, 5) is 29.4. The molecule has 0 saturated carbocycles. The van der Waals surface area contributed by atoms with E-state index in [9.17, 15) is 14.7 Å². The van der Waals surface area contributed by atoms with Crippen LogP contribution >= 0.6 is 0 Å². The van der Waals surface area contributed by atoms with E-state index in [0.29, 0.717) is 36.8 Å². The van der Waals surface area contributed by atoms with Gasteiger partial charge in [-0.3, -0.25) is 9.59 Å². The number of Topliss-reactive ketones (excluding diaryl/α,β-unsaturated/α-hetero) is 1. The Morgan fingerprint density at radius 1 is 1.27 bits per heavy atom. The first-order valence-electron chi connectivity index (χ1n) is 9.66. The van der Waals surface area contributed by atoms with Gasteiger partial charge in [-0.1, -0.05) is 6.07 Å². The first kappa shape index (κ1) is 21.4. The molecule has 30 heavy (non-hydrogen) atoms. The Labute approximate surface area is 175 Å². The highest BCUT2D eigenvalue weighted by molar-refractivity contribution is 6.15. The van der Waals surface area contributed by atoms with Gasteiger partial charge in [0.15, 0.2) is 23.0 Å². The van der Waals surface area contributed by atoms with E-state index in [1.54, 1.807) is 24.3 Å². The van der Waals surface area contributed by atoms with Gasteiger partial charge < -0.3 is 28.8 Å². The molecule has 1 aromatic heterocycles. The fraction of sp³-hybridized carbons (Fsp3) is 0.364. The Bertz CT molecular complexity index is 949. The van der Waals surface area contributed by atoms with Gasteiger partial charge in [-0.2, -0.15) is 0 Å². The highest BCUT2D eigenvalue weighted by Gasteiger charge is 2.44. The van der Waals surface area contributed by atoms with Gasteiger partial charge in [-0.15, -0.1) is 0 Å². The van der Waals surface area contributed by atoms with Crippen LogP contribution in [0, 0.1) is 0 Å². The van der Waals surface area contributed by atoms with Crippen LogP contribution in [0.25, 0.3) is 0 Å². The van der Waals surface area contributed by atoms with Crippen molar-refractivity contribution in [3.05, 3.63) is 59.3 Å². The molecule has 0 fully saturated rings. The van der Waals surface area contributed by atoms with Crippen LogP contribution in [0.15, 0.2) is 52.3 Å². The van der Waals surface area contributed by atoms with Crippen molar-refractivity contribution < 1.29 is 28.6 Å². The maximum absolute atomic E-state index is 13.1. The molecule has 2 heterocycles. The normalized spacial score (nSPS) is 16.5.